The van der Waals surface area contributed by atoms with E-state index in [4.69, 9.17) is 10.2 Å². The topological polar surface area (TPSA) is 118 Å². The van der Waals surface area contributed by atoms with Crippen LogP contribution < -0.4 is 0 Å². The number of hydrogen-bond donors (Lipinski definition) is 2. The van der Waals surface area contributed by atoms with Gasteiger partial charge in [-0.05, 0) is 0 Å². The molecule has 0 aliphatic carbocycles. The van der Waals surface area contributed by atoms with Crippen molar-refractivity contribution in [3.05, 3.63) is 0 Å². The van der Waals surface area contributed by atoms with Gasteiger partial charge in [-0.15, -0.1) is 0 Å². The van der Waals surface area contributed by atoms with Gasteiger partial charge in [-0.2, -0.15) is 0 Å². The van der Waals surface area contributed by atoms with Crippen molar-refractivity contribution in [2.45, 2.75) is 6.92 Å². The zero-order chi connectivity index (χ0) is 16.0. The predicted molar refractivity (Wildman–Crippen MR) is 70.5 cm³/mol. The van der Waals surface area contributed by atoms with Crippen LogP contribution in [0.3, 0.4) is 0 Å². The first-order chi connectivity index (χ1) is 9.79. The Hall–Kier alpha value is -2.16. The quantitative estimate of drug-likeness (QED) is 0.591. The zero-order valence-corrected chi connectivity index (χ0v) is 11.8. The zero-order valence-electron chi connectivity index (χ0n) is 11.8. The molecule has 1 rings (SSSR count). The van der Waals surface area contributed by atoms with Crippen molar-refractivity contribution in [1.82, 2.24) is 14.7 Å². The summed E-state index contributed by atoms with van der Waals surface area (Å²) in [6, 6.07) is 0. The molecule has 1 heterocycles. The molecule has 0 atom stereocenters. The van der Waals surface area contributed by atoms with E-state index in [0.717, 1.165) is 4.90 Å². The SMILES string of the molecule is CC(=O)N1CCN(C(=O)CN(CC(=O)O)CC(=O)O)CC1. The van der Waals surface area contributed by atoms with E-state index in [1.165, 1.54) is 11.8 Å². The van der Waals surface area contributed by atoms with Crippen LogP contribution in [-0.2, 0) is 19.2 Å². The average Bonchev–Trinajstić information content (AvgIpc) is 2.37. The van der Waals surface area contributed by atoms with Crippen molar-refractivity contribution < 1.29 is 29.4 Å². The third-order valence-electron chi connectivity index (χ3n) is 3.15. The Morgan fingerprint density at radius 3 is 1.67 bits per heavy atom. The molecule has 9 heteroatoms. The van der Waals surface area contributed by atoms with E-state index in [0.29, 0.717) is 26.2 Å². The number of carbonyl (C=O) groups excluding carboxylic acids is 2. The van der Waals surface area contributed by atoms with Gasteiger partial charge in [0, 0.05) is 33.1 Å². The van der Waals surface area contributed by atoms with E-state index in [1.54, 1.807) is 4.90 Å². The lowest BCUT2D eigenvalue weighted by molar-refractivity contribution is -0.145. The first kappa shape index (κ1) is 16.9. The first-order valence-electron chi connectivity index (χ1n) is 6.49. The number of carboxylic acid groups (broad SMARTS) is 2. The fraction of sp³-hybridized carbons (Fsp3) is 0.667. The molecule has 0 spiro atoms. The molecule has 0 saturated carbocycles. The molecular formula is C12H19N3O6. The highest BCUT2D eigenvalue weighted by molar-refractivity contribution is 5.81. The monoisotopic (exact) mass is 301 g/mol. The molecule has 1 fully saturated rings. The molecule has 0 radical (unpaired) electrons. The van der Waals surface area contributed by atoms with Crippen molar-refractivity contribution in [2.75, 3.05) is 45.8 Å². The Morgan fingerprint density at radius 1 is 0.857 bits per heavy atom. The smallest absolute Gasteiger partial charge is 0.317 e. The summed E-state index contributed by atoms with van der Waals surface area (Å²) in [7, 11) is 0. The van der Waals surface area contributed by atoms with Crippen molar-refractivity contribution in [3.63, 3.8) is 0 Å². The van der Waals surface area contributed by atoms with E-state index in [2.05, 4.69) is 0 Å². The van der Waals surface area contributed by atoms with Crippen LogP contribution in [-0.4, -0.2) is 94.5 Å². The molecule has 2 amide bonds. The molecule has 1 aliphatic rings. The fourth-order valence-electron chi connectivity index (χ4n) is 2.11. The predicted octanol–water partition coefficient (Wildman–Crippen LogP) is -1.85. The van der Waals surface area contributed by atoms with E-state index in [9.17, 15) is 19.2 Å². The summed E-state index contributed by atoms with van der Waals surface area (Å²) in [6.45, 7) is 1.77. The number of aliphatic carboxylic acids is 2. The number of nitrogens with zero attached hydrogens (tertiary/aromatic N) is 3. The van der Waals surface area contributed by atoms with Gasteiger partial charge in [-0.3, -0.25) is 24.1 Å². The average molecular weight is 301 g/mol. The van der Waals surface area contributed by atoms with Crippen LogP contribution in [0.2, 0.25) is 0 Å². The Labute approximate surface area is 121 Å². The molecule has 0 bridgehead atoms. The van der Waals surface area contributed by atoms with Crippen LogP contribution in [0, 0.1) is 0 Å². The second-order valence-electron chi connectivity index (χ2n) is 4.82. The molecule has 9 nitrogen and oxygen atoms in total. The molecule has 1 saturated heterocycles. The number of carboxylic acids is 2. The van der Waals surface area contributed by atoms with E-state index in [-0.39, 0.29) is 18.4 Å². The normalized spacial score (nSPS) is 15.1. The fourth-order valence-corrected chi connectivity index (χ4v) is 2.11. The van der Waals surface area contributed by atoms with Gasteiger partial charge >= 0.3 is 11.9 Å². The first-order valence-corrected chi connectivity index (χ1v) is 6.49. The Kier molecular flexibility index (Phi) is 6.10. The van der Waals surface area contributed by atoms with Gasteiger partial charge in [-0.25, -0.2) is 0 Å². The summed E-state index contributed by atoms with van der Waals surface area (Å²) < 4.78 is 0. The molecule has 21 heavy (non-hydrogen) atoms. The lowest BCUT2D eigenvalue weighted by atomic mass is 10.3. The standard InChI is InChI=1S/C12H19N3O6/c1-9(16)14-2-4-15(5-3-14)10(17)6-13(7-11(18)19)8-12(20)21/h2-8H2,1H3,(H,18,19)(H,20,21). The van der Waals surface area contributed by atoms with Gasteiger partial charge in [0.15, 0.2) is 0 Å². The summed E-state index contributed by atoms with van der Waals surface area (Å²) in [5, 5.41) is 17.4. The minimum atomic E-state index is -1.19. The summed E-state index contributed by atoms with van der Waals surface area (Å²) in [5.74, 6) is -2.77. The minimum absolute atomic E-state index is 0.0551. The van der Waals surface area contributed by atoms with Crippen LogP contribution in [0.25, 0.3) is 0 Å². The number of piperazine rings is 1. The molecule has 0 unspecified atom stereocenters. The second kappa shape index (κ2) is 7.58. The Morgan fingerprint density at radius 2 is 1.29 bits per heavy atom. The van der Waals surface area contributed by atoms with Gasteiger partial charge in [0.2, 0.25) is 11.8 Å². The highest BCUT2D eigenvalue weighted by atomic mass is 16.4. The van der Waals surface area contributed by atoms with Gasteiger partial charge in [0.1, 0.15) is 0 Å². The second-order valence-corrected chi connectivity index (χ2v) is 4.82. The van der Waals surface area contributed by atoms with Crippen LogP contribution in [0.4, 0.5) is 0 Å². The number of hydrogen-bond acceptors (Lipinski definition) is 5. The van der Waals surface area contributed by atoms with Gasteiger partial charge in [0.05, 0.1) is 19.6 Å². The molecule has 0 aromatic carbocycles. The van der Waals surface area contributed by atoms with Crippen LogP contribution in [0.5, 0.6) is 0 Å². The lowest BCUT2D eigenvalue weighted by Gasteiger charge is -2.35. The lowest BCUT2D eigenvalue weighted by Crippen LogP contribution is -2.52. The highest BCUT2D eigenvalue weighted by Gasteiger charge is 2.25. The van der Waals surface area contributed by atoms with E-state index in [1.807, 2.05) is 0 Å². The van der Waals surface area contributed by atoms with Gasteiger partial charge in [0.25, 0.3) is 0 Å². The summed E-state index contributed by atoms with van der Waals surface area (Å²) in [6.07, 6.45) is 0. The molecule has 118 valence electrons. The molecule has 0 aromatic heterocycles. The van der Waals surface area contributed by atoms with Gasteiger partial charge < -0.3 is 20.0 Å². The van der Waals surface area contributed by atoms with E-state index < -0.39 is 25.0 Å². The Balaban J connectivity index is 2.51. The maximum absolute atomic E-state index is 12.0. The molecule has 0 aromatic rings. The van der Waals surface area contributed by atoms with Crippen LogP contribution in [0.15, 0.2) is 0 Å². The summed E-state index contributed by atoms with van der Waals surface area (Å²) in [4.78, 5) is 48.7. The maximum atomic E-state index is 12.0. The molecular weight excluding hydrogens is 282 g/mol. The van der Waals surface area contributed by atoms with E-state index >= 15 is 0 Å². The highest BCUT2D eigenvalue weighted by Crippen LogP contribution is 2.03. The minimum Gasteiger partial charge on any atom is -0.480 e. The number of rotatable bonds is 6. The summed E-state index contributed by atoms with van der Waals surface area (Å²) >= 11 is 0. The van der Waals surface area contributed by atoms with Crippen molar-refractivity contribution >= 4 is 23.8 Å². The largest absolute Gasteiger partial charge is 0.480 e. The third kappa shape index (κ3) is 5.78. The summed E-state index contributed by atoms with van der Waals surface area (Å²) in [5.41, 5.74) is 0. The van der Waals surface area contributed by atoms with Crippen molar-refractivity contribution in [3.8, 4) is 0 Å². The molecule has 1 aliphatic heterocycles. The van der Waals surface area contributed by atoms with Crippen molar-refractivity contribution in [1.29, 1.82) is 0 Å². The van der Waals surface area contributed by atoms with Gasteiger partial charge in [-0.1, -0.05) is 0 Å². The molecule has 2 N–H and O–H groups in total. The Bertz CT molecular complexity index is 415. The number of amides is 2. The van der Waals surface area contributed by atoms with Crippen LogP contribution >= 0.6 is 0 Å². The maximum Gasteiger partial charge on any atom is 0.317 e. The van der Waals surface area contributed by atoms with Crippen LogP contribution in [0.1, 0.15) is 6.92 Å². The number of carbonyl (C=O) groups is 4. The van der Waals surface area contributed by atoms with Crippen molar-refractivity contribution in [2.24, 2.45) is 0 Å². The third-order valence-corrected chi connectivity index (χ3v) is 3.15.